The second kappa shape index (κ2) is 7.20. The molecule has 1 aliphatic rings. The van der Waals surface area contributed by atoms with Gasteiger partial charge in [-0.25, -0.2) is 4.98 Å². The van der Waals surface area contributed by atoms with Gasteiger partial charge in [-0.15, -0.1) is 0 Å². The van der Waals surface area contributed by atoms with Crippen molar-refractivity contribution in [2.45, 2.75) is 26.2 Å². The molecule has 0 N–H and O–H groups in total. The van der Waals surface area contributed by atoms with Gasteiger partial charge in [-0.05, 0) is 55.9 Å². The molecule has 3 aromatic rings. The van der Waals surface area contributed by atoms with E-state index in [9.17, 15) is 4.79 Å². The van der Waals surface area contributed by atoms with E-state index in [0.29, 0.717) is 11.6 Å². The predicted molar refractivity (Wildman–Crippen MR) is 101 cm³/mol. The lowest BCUT2D eigenvalue weighted by Crippen LogP contribution is -2.40. The lowest BCUT2D eigenvalue weighted by molar-refractivity contribution is 0.0667. The molecule has 1 saturated heterocycles. The minimum Gasteiger partial charge on any atom is -0.337 e. The molecular weight excluding hydrogens is 324 g/mol. The van der Waals surface area contributed by atoms with E-state index in [0.717, 1.165) is 43.6 Å². The zero-order valence-electron chi connectivity index (χ0n) is 14.9. The van der Waals surface area contributed by atoms with Gasteiger partial charge in [0.15, 0.2) is 0 Å². The van der Waals surface area contributed by atoms with Crippen LogP contribution < -0.4 is 0 Å². The highest BCUT2D eigenvalue weighted by molar-refractivity contribution is 5.92. The van der Waals surface area contributed by atoms with Gasteiger partial charge in [0.2, 0.25) is 0 Å². The van der Waals surface area contributed by atoms with Crippen molar-refractivity contribution in [1.29, 1.82) is 0 Å². The van der Waals surface area contributed by atoms with E-state index in [2.05, 4.69) is 39.2 Å². The van der Waals surface area contributed by atoms with Gasteiger partial charge in [-0.2, -0.15) is 0 Å². The lowest BCUT2D eigenvalue weighted by Gasteiger charge is -2.32. The summed E-state index contributed by atoms with van der Waals surface area (Å²) in [5.74, 6) is 0.463. The van der Waals surface area contributed by atoms with Crippen LogP contribution in [0.25, 0.3) is 10.9 Å². The Kier molecular flexibility index (Phi) is 4.61. The maximum absolute atomic E-state index is 12.7. The van der Waals surface area contributed by atoms with Crippen molar-refractivity contribution in [3.05, 3.63) is 65.9 Å². The minimum atomic E-state index is -0.00934. The molecule has 3 heterocycles. The molecule has 5 nitrogen and oxygen atoms in total. The first-order valence-corrected chi connectivity index (χ1v) is 9.10. The van der Waals surface area contributed by atoms with Crippen LogP contribution in [0.1, 0.15) is 34.6 Å². The van der Waals surface area contributed by atoms with Gasteiger partial charge >= 0.3 is 0 Å². The average molecular weight is 346 g/mol. The van der Waals surface area contributed by atoms with E-state index >= 15 is 0 Å². The Morgan fingerprint density at radius 3 is 2.96 bits per heavy atom. The molecule has 1 fully saturated rings. The molecule has 1 aromatic carbocycles. The molecule has 1 atom stereocenters. The van der Waals surface area contributed by atoms with Gasteiger partial charge in [0.05, 0.1) is 17.4 Å². The Morgan fingerprint density at radius 2 is 2.12 bits per heavy atom. The van der Waals surface area contributed by atoms with Crippen molar-refractivity contribution in [3.8, 4) is 0 Å². The molecule has 132 valence electrons. The summed E-state index contributed by atoms with van der Waals surface area (Å²) in [6, 6.07) is 10.5. The summed E-state index contributed by atoms with van der Waals surface area (Å²) in [5.41, 5.74) is 3.59. The van der Waals surface area contributed by atoms with Crippen molar-refractivity contribution >= 4 is 16.8 Å². The summed E-state index contributed by atoms with van der Waals surface area (Å²) in [7, 11) is 0. The van der Waals surface area contributed by atoms with Crippen LogP contribution in [-0.2, 0) is 6.42 Å². The molecule has 2 aromatic heterocycles. The number of pyridine rings is 1. The number of rotatable bonds is 3. The second-order valence-corrected chi connectivity index (χ2v) is 7.04. The van der Waals surface area contributed by atoms with Gasteiger partial charge in [0.1, 0.15) is 5.69 Å². The molecule has 0 aliphatic carbocycles. The van der Waals surface area contributed by atoms with Crippen molar-refractivity contribution in [1.82, 2.24) is 19.9 Å². The number of aromatic nitrogens is 3. The van der Waals surface area contributed by atoms with Gasteiger partial charge in [-0.3, -0.25) is 14.8 Å². The first kappa shape index (κ1) is 16.6. The van der Waals surface area contributed by atoms with Crippen LogP contribution in [0.15, 0.2) is 48.9 Å². The first-order valence-electron chi connectivity index (χ1n) is 9.10. The van der Waals surface area contributed by atoms with E-state index in [1.54, 1.807) is 12.4 Å². The van der Waals surface area contributed by atoms with Gasteiger partial charge in [0, 0.05) is 30.9 Å². The topological polar surface area (TPSA) is 59.0 Å². The SMILES string of the molecule is Cc1cnc(C(=O)N2CCC[C@@H](Cc3ccc4ncccc4c3)C2)cn1. The molecule has 1 amide bonds. The molecule has 5 heteroatoms. The van der Waals surface area contributed by atoms with Crippen molar-refractivity contribution in [2.24, 2.45) is 5.92 Å². The van der Waals surface area contributed by atoms with Crippen molar-refractivity contribution in [2.75, 3.05) is 13.1 Å². The molecule has 1 aliphatic heterocycles. The Morgan fingerprint density at radius 1 is 1.19 bits per heavy atom. The molecule has 0 spiro atoms. The number of carbonyl (C=O) groups excluding carboxylic acids is 1. The Hall–Kier alpha value is -2.82. The third kappa shape index (κ3) is 3.57. The van der Waals surface area contributed by atoms with Crippen LogP contribution in [0.2, 0.25) is 0 Å². The maximum Gasteiger partial charge on any atom is 0.274 e. The zero-order valence-corrected chi connectivity index (χ0v) is 14.9. The second-order valence-electron chi connectivity index (χ2n) is 7.04. The van der Waals surface area contributed by atoms with Crippen LogP contribution in [-0.4, -0.2) is 38.8 Å². The smallest absolute Gasteiger partial charge is 0.274 e. The Labute approximate surface area is 153 Å². The highest BCUT2D eigenvalue weighted by Crippen LogP contribution is 2.23. The number of hydrogen-bond acceptors (Lipinski definition) is 4. The van der Waals surface area contributed by atoms with Gasteiger partial charge in [0.25, 0.3) is 5.91 Å². The average Bonchev–Trinajstić information content (AvgIpc) is 2.68. The summed E-state index contributed by atoms with van der Waals surface area (Å²) < 4.78 is 0. The fraction of sp³-hybridized carbons (Fsp3) is 0.333. The molecule has 26 heavy (non-hydrogen) atoms. The number of amides is 1. The van der Waals surface area contributed by atoms with E-state index in [1.807, 2.05) is 24.1 Å². The molecule has 4 rings (SSSR count). The highest BCUT2D eigenvalue weighted by atomic mass is 16.2. The van der Waals surface area contributed by atoms with Crippen LogP contribution in [0.4, 0.5) is 0 Å². The molecule has 0 radical (unpaired) electrons. The third-order valence-electron chi connectivity index (χ3n) is 5.00. The normalized spacial score (nSPS) is 17.4. The van der Waals surface area contributed by atoms with Crippen molar-refractivity contribution < 1.29 is 4.79 Å². The zero-order chi connectivity index (χ0) is 17.9. The van der Waals surface area contributed by atoms with Crippen LogP contribution in [0, 0.1) is 12.8 Å². The minimum absolute atomic E-state index is 0.00934. The molecule has 0 unspecified atom stereocenters. The number of fused-ring (bicyclic) bond motifs is 1. The first-order chi connectivity index (χ1) is 12.7. The molecule has 0 saturated carbocycles. The number of likely N-dealkylation sites (tertiary alicyclic amines) is 1. The number of hydrogen-bond donors (Lipinski definition) is 0. The van der Waals surface area contributed by atoms with E-state index in [-0.39, 0.29) is 5.91 Å². The summed E-state index contributed by atoms with van der Waals surface area (Å²) in [5, 5.41) is 1.17. The van der Waals surface area contributed by atoms with E-state index < -0.39 is 0 Å². The van der Waals surface area contributed by atoms with Gasteiger partial charge < -0.3 is 4.90 Å². The summed E-state index contributed by atoms with van der Waals surface area (Å²) in [4.78, 5) is 27.4. The Balaban J connectivity index is 1.45. The maximum atomic E-state index is 12.7. The monoisotopic (exact) mass is 346 g/mol. The fourth-order valence-corrected chi connectivity index (χ4v) is 3.67. The van der Waals surface area contributed by atoms with E-state index in [1.165, 1.54) is 10.9 Å². The number of carbonyl (C=O) groups is 1. The van der Waals surface area contributed by atoms with E-state index in [4.69, 9.17) is 0 Å². The van der Waals surface area contributed by atoms with Crippen molar-refractivity contribution in [3.63, 3.8) is 0 Å². The molecule has 0 bridgehead atoms. The number of piperidine rings is 1. The van der Waals surface area contributed by atoms with Crippen LogP contribution in [0.5, 0.6) is 0 Å². The lowest BCUT2D eigenvalue weighted by atomic mass is 9.90. The number of nitrogens with zero attached hydrogens (tertiary/aromatic N) is 4. The fourth-order valence-electron chi connectivity index (χ4n) is 3.67. The van der Waals surface area contributed by atoms with Crippen LogP contribution in [0.3, 0.4) is 0 Å². The quantitative estimate of drug-likeness (QED) is 0.729. The third-order valence-corrected chi connectivity index (χ3v) is 5.00. The standard InChI is InChI=1S/C21H22N4O/c1-15-12-24-20(13-23-15)21(26)25-9-3-4-17(14-25)10-16-6-7-19-18(11-16)5-2-8-22-19/h2,5-8,11-13,17H,3-4,9-10,14H2,1H3/t17-/m0/s1. The summed E-state index contributed by atoms with van der Waals surface area (Å²) in [6.07, 6.45) is 8.21. The Bertz CT molecular complexity index is 923. The molecular formula is C21H22N4O. The van der Waals surface area contributed by atoms with Crippen LogP contribution >= 0.6 is 0 Å². The summed E-state index contributed by atoms with van der Waals surface area (Å²) in [6.45, 7) is 3.45. The largest absolute Gasteiger partial charge is 0.337 e. The highest BCUT2D eigenvalue weighted by Gasteiger charge is 2.25. The number of benzene rings is 1. The summed E-state index contributed by atoms with van der Waals surface area (Å²) >= 11 is 0. The number of aryl methyl sites for hydroxylation is 1. The predicted octanol–water partition coefficient (Wildman–Crippen LogP) is 3.43. The van der Waals surface area contributed by atoms with Gasteiger partial charge in [-0.1, -0.05) is 12.1 Å².